The van der Waals surface area contributed by atoms with Crippen molar-refractivity contribution in [2.75, 3.05) is 0 Å². The van der Waals surface area contributed by atoms with Crippen molar-refractivity contribution in [1.29, 1.82) is 0 Å². The predicted octanol–water partition coefficient (Wildman–Crippen LogP) is 2.31. The number of benzene rings is 2. The van der Waals surface area contributed by atoms with Crippen LogP contribution in [-0.4, -0.2) is 17.0 Å². The molecular formula is C16H14FNO3. The highest BCUT2D eigenvalue weighted by molar-refractivity contribution is 5.85. The number of hydrogen-bond donors (Lipinski definition) is 2. The maximum atomic E-state index is 13.5. The van der Waals surface area contributed by atoms with Gasteiger partial charge in [0.25, 0.3) is 0 Å². The predicted molar refractivity (Wildman–Crippen MR) is 75.1 cm³/mol. The summed E-state index contributed by atoms with van der Waals surface area (Å²) in [6.45, 7) is 0. The topological polar surface area (TPSA) is 66.4 Å². The smallest absolute Gasteiger partial charge is 0.330 e. The van der Waals surface area contributed by atoms with Gasteiger partial charge in [-0.2, -0.15) is 0 Å². The lowest BCUT2D eigenvalue weighted by Crippen LogP contribution is -2.34. The van der Waals surface area contributed by atoms with Crippen LogP contribution < -0.4 is 5.32 Å². The summed E-state index contributed by atoms with van der Waals surface area (Å²) in [5, 5.41) is 11.6. The third-order valence-electron chi connectivity index (χ3n) is 2.99. The van der Waals surface area contributed by atoms with E-state index in [4.69, 9.17) is 0 Å². The lowest BCUT2D eigenvalue weighted by Gasteiger charge is -2.15. The summed E-state index contributed by atoms with van der Waals surface area (Å²) in [5.41, 5.74) is 0.694. The number of rotatable bonds is 5. The lowest BCUT2D eigenvalue weighted by atomic mass is 10.1. The van der Waals surface area contributed by atoms with Crippen molar-refractivity contribution in [1.82, 2.24) is 5.32 Å². The van der Waals surface area contributed by atoms with Crippen molar-refractivity contribution in [3.8, 4) is 0 Å². The number of amides is 1. The second kappa shape index (κ2) is 6.65. The van der Waals surface area contributed by atoms with Crippen molar-refractivity contribution in [3.05, 3.63) is 71.5 Å². The maximum Gasteiger partial charge on any atom is 0.330 e. The van der Waals surface area contributed by atoms with Gasteiger partial charge in [0.1, 0.15) is 5.82 Å². The zero-order valence-electron chi connectivity index (χ0n) is 11.1. The molecule has 21 heavy (non-hydrogen) atoms. The first-order valence-electron chi connectivity index (χ1n) is 6.38. The van der Waals surface area contributed by atoms with Gasteiger partial charge in [-0.05, 0) is 17.2 Å². The molecule has 1 amide bonds. The van der Waals surface area contributed by atoms with Gasteiger partial charge in [-0.25, -0.2) is 9.18 Å². The van der Waals surface area contributed by atoms with Gasteiger partial charge in [0.15, 0.2) is 6.04 Å². The number of carboxylic acid groups (broad SMARTS) is 1. The normalized spacial score (nSPS) is 11.7. The van der Waals surface area contributed by atoms with Gasteiger partial charge in [0.2, 0.25) is 5.91 Å². The minimum atomic E-state index is -1.16. The molecule has 1 atom stereocenters. The van der Waals surface area contributed by atoms with Crippen molar-refractivity contribution in [3.63, 3.8) is 0 Å². The summed E-state index contributed by atoms with van der Waals surface area (Å²) in [7, 11) is 0. The van der Waals surface area contributed by atoms with E-state index in [0.29, 0.717) is 5.56 Å². The van der Waals surface area contributed by atoms with E-state index in [0.717, 1.165) is 0 Å². The van der Waals surface area contributed by atoms with Crippen molar-refractivity contribution >= 4 is 11.9 Å². The van der Waals surface area contributed by atoms with Crippen LogP contribution in [0, 0.1) is 5.82 Å². The summed E-state index contributed by atoms with van der Waals surface area (Å²) in [4.78, 5) is 23.2. The van der Waals surface area contributed by atoms with Gasteiger partial charge >= 0.3 is 5.97 Å². The molecule has 2 aromatic carbocycles. The minimum Gasteiger partial charge on any atom is -0.479 e. The van der Waals surface area contributed by atoms with E-state index in [9.17, 15) is 19.1 Å². The highest BCUT2D eigenvalue weighted by Crippen LogP contribution is 2.14. The first kappa shape index (κ1) is 14.7. The number of carbonyl (C=O) groups is 2. The highest BCUT2D eigenvalue weighted by Gasteiger charge is 2.22. The molecule has 0 spiro atoms. The molecule has 2 aromatic rings. The largest absolute Gasteiger partial charge is 0.479 e. The van der Waals surface area contributed by atoms with E-state index in [1.807, 2.05) is 0 Å². The number of aliphatic carboxylic acids is 1. The van der Waals surface area contributed by atoms with Crippen LogP contribution in [0.5, 0.6) is 0 Å². The second-order valence-electron chi connectivity index (χ2n) is 4.52. The summed E-state index contributed by atoms with van der Waals surface area (Å²) in [6, 6.07) is 13.1. The Morgan fingerprint density at radius 1 is 1.05 bits per heavy atom. The van der Waals surface area contributed by atoms with Crippen LogP contribution in [0.3, 0.4) is 0 Å². The van der Waals surface area contributed by atoms with Crippen molar-refractivity contribution in [2.45, 2.75) is 12.5 Å². The Labute approximate surface area is 121 Å². The standard InChI is InChI=1S/C16H14FNO3/c17-13-9-5-4-8-12(13)10-14(19)18-15(16(20)21)11-6-2-1-3-7-11/h1-9,15H,10H2,(H,18,19)(H,20,21)/t15-/m1/s1. The zero-order valence-corrected chi connectivity index (χ0v) is 11.1. The lowest BCUT2D eigenvalue weighted by molar-refractivity contribution is -0.142. The first-order chi connectivity index (χ1) is 10.1. The monoisotopic (exact) mass is 287 g/mol. The number of hydrogen-bond acceptors (Lipinski definition) is 2. The van der Waals surface area contributed by atoms with Crippen molar-refractivity contribution < 1.29 is 19.1 Å². The quantitative estimate of drug-likeness (QED) is 0.887. The van der Waals surface area contributed by atoms with Crippen LogP contribution in [0.2, 0.25) is 0 Å². The molecule has 0 saturated carbocycles. The van der Waals surface area contributed by atoms with E-state index in [1.54, 1.807) is 36.4 Å². The molecule has 0 aromatic heterocycles. The Balaban J connectivity index is 2.10. The molecule has 2 N–H and O–H groups in total. The van der Waals surface area contributed by atoms with Crippen LogP contribution in [0.15, 0.2) is 54.6 Å². The maximum absolute atomic E-state index is 13.5. The molecule has 4 nitrogen and oxygen atoms in total. The molecular weight excluding hydrogens is 273 g/mol. The Hall–Kier alpha value is -2.69. The molecule has 2 rings (SSSR count). The Morgan fingerprint density at radius 3 is 2.29 bits per heavy atom. The Kier molecular flexibility index (Phi) is 4.66. The molecule has 0 aliphatic carbocycles. The molecule has 5 heteroatoms. The van der Waals surface area contributed by atoms with E-state index in [2.05, 4.69) is 5.32 Å². The van der Waals surface area contributed by atoms with Gasteiger partial charge in [-0.1, -0.05) is 48.5 Å². The van der Waals surface area contributed by atoms with Gasteiger partial charge < -0.3 is 10.4 Å². The molecule has 0 unspecified atom stereocenters. The van der Waals surface area contributed by atoms with Gasteiger partial charge in [0.05, 0.1) is 6.42 Å². The minimum absolute atomic E-state index is 0.205. The van der Waals surface area contributed by atoms with Crippen LogP contribution in [0.25, 0.3) is 0 Å². The van der Waals surface area contributed by atoms with Crippen LogP contribution >= 0.6 is 0 Å². The number of nitrogens with one attached hydrogen (secondary N) is 1. The fourth-order valence-corrected chi connectivity index (χ4v) is 1.96. The van der Waals surface area contributed by atoms with Gasteiger partial charge in [0, 0.05) is 0 Å². The summed E-state index contributed by atoms with van der Waals surface area (Å²) >= 11 is 0. The van der Waals surface area contributed by atoms with Crippen LogP contribution in [-0.2, 0) is 16.0 Å². The van der Waals surface area contributed by atoms with E-state index < -0.39 is 23.7 Å². The van der Waals surface area contributed by atoms with Gasteiger partial charge in [-0.15, -0.1) is 0 Å². The van der Waals surface area contributed by atoms with Crippen LogP contribution in [0.1, 0.15) is 17.2 Å². The third-order valence-corrected chi connectivity index (χ3v) is 2.99. The molecule has 0 saturated heterocycles. The zero-order chi connectivity index (χ0) is 15.2. The summed E-state index contributed by atoms with van der Waals surface area (Å²) in [6.07, 6.45) is -0.205. The number of carboxylic acids is 1. The SMILES string of the molecule is O=C(Cc1ccccc1F)N[C@@H](C(=O)O)c1ccccc1. The third kappa shape index (κ3) is 3.89. The number of carbonyl (C=O) groups excluding carboxylic acids is 1. The molecule has 0 bridgehead atoms. The molecule has 0 aliphatic rings. The highest BCUT2D eigenvalue weighted by atomic mass is 19.1. The van der Waals surface area contributed by atoms with Crippen molar-refractivity contribution in [2.24, 2.45) is 0 Å². The molecule has 0 aliphatic heterocycles. The average molecular weight is 287 g/mol. The summed E-state index contributed by atoms with van der Waals surface area (Å²) < 4.78 is 13.5. The fraction of sp³-hybridized carbons (Fsp3) is 0.125. The van der Waals surface area contributed by atoms with E-state index in [1.165, 1.54) is 18.2 Å². The van der Waals surface area contributed by atoms with E-state index in [-0.39, 0.29) is 12.0 Å². The van der Waals surface area contributed by atoms with E-state index >= 15 is 0 Å². The first-order valence-corrected chi connectivity index (χ1v) is 6.38. The van der Waals surface area contributed by atoms with Crippen LogP contribution in [0.4, 0.5) is 4.39 Å². The number of halogens is 1. The van der Waals surface area contributed by atoms with Gasteiger partial charge in [-0.3, -0.25) is 4.79 Å². The average Bonchev–Trinajstić information content (AvgIpc) is 2.48. The Morgan fingerprint density at radius 2 is 1.67 bits per heavy atom. The summed E-state index contributed by atoms with van der Waals surface area (Å²) in [5.74, 6) is -2.20. The molecule has 108 valence electrons. The molecule has 0 radical (unpaired) electrons. The second-order valence-corrected chi connectivity index (χ2v) is 4.52. The molecule has 0 heterocycles. The molecule has 0 fully saturated rings. The fourth-order valence-electron chi connectivity index (χ4n) is 1.96. The Bertz CT molecular complexity index is 643.